The summed E-state index contributed by atoms with van der Waals surface area (Å²) in [7, 11) is 0. The van der Waals surface area contributed by atoms with Gasteiger partial charge < -0.3 is 10.2 Å². The average molecular weight is 451 g/mol. The van der Waals surface area contributed by atoms with E-state index in [-0.39, 0.29) is 11.6 Å². The zero-order chi connectivity index (χ0) is 17.8. The van der Waals surface area contributed by atoms with Crippen LogP contribution in [0.25, 0.3) is 0 Å². The van der Waals surface area contributed by atoms with Crippen molar-refractivity contribution in [2.24, 2.45) is 0 Å². The quantitative estimate of drug-likeness (QED) is 0.427. The number of nitro benzene ring substituents is 1. The summed E-state index contributed by atoms with van der Waals surface area (Å²) >= 11 is 2.01. The van der Waals surface area contributed by atoms with Gasteiger partial charge in [0.1, 0.15) is 0 Å². The van der Waals surface area contributed by atoms with E-state index in [4.69, 9.17) is 0 Å². The van der Waals surface area contributed by atoms with E-state index in [0.717, 1.165) is 18.7 Å². The van der Waals surface area contributed by atoms with E-state index >= 15 is 0 Å². The van der Waals surface area contributed by atoms with Gasteiger partial charge in [0.15, 0.2) is 0 Å². The van der Waals surface area contributed by atoms with Crippen LogP contribution in [0.15, 0.2) is 42.5 Å². The monoisotopic (exact) mass is 451 g/mol. The van der Waals surface area contributed by atoms with Crippen molar-refractivity contribution < 1.29 is 9.72 Å². The van der Waals surface area contributed by atoms with Crippen molar-refractivity contribution in [2.45, 2.75) is 19.4 Å². The molecule has 2 aromatic carbocycles. The lowest BCUT2D eigenvalue weighted by Gasteiger charge is -2.17. The van der Waals surface area contributed by atoms with Gasteiger partial charge in [-0.25, -0.2) is 0 Å². The molecule has 0 atom stereocenters. The first-order valence-corrected chi connectivity index (χ1v) is 9.18. The van der Waals surface area contributed by atoms with E-state index in [0.29, 0.717) is 15.7 Å². The Morgan fingerprint density at radius 3 is 2.48 bits per heavy atom. The van der Waals surface area contributed by atoms with E-state index in [9.17, 15) is 14.9 Å². The Kier molecular flexibility index (Phi) is 5.52. The summed E-state index contributed by atoms with van der Waals surface area (Å²) in [5, 5.41) is 13.7. The lowest BCUT2D eigenvalue weighted by atomic mass is 10.1. The molecule has 0 aromatic heterocycles. The molecular weight excluding hydrogens is 433 g/mol. The smallest absolute Gasteiger partial charge is 0.270 e. The lowest BCUT2D eigenvalue weighted by Crippen LogP contribution is -2.24. The molecule has 1 heterocycles. The van der Waals surface area contributed by atoms with Crippen molar-refractivity contribution in [1.29, 1.82) is 0 Å². The maximum absolute atomic E-state index is 12.3. The molecular formula is C18H18IN3O3. The van der Waals surface area contributed by atoms with E-state index in [2.05, 4.69) is 22.3 Å². The van der Waals surface area contributed by atoms with Gasteiger partial charge >= 0.3 is 0 Å². The van der Waals surface area contributed by atoms with Gasteiger partial charge in [0.2, 0.25) is 0 Å². The minimum atomic E-state index is -0.496. The van der Waals surface area contributed by atoms with Crippen LogP contribution in [0, 0.1) is 13.7 Å². The maximum Gasteiger partial charge on any atom is 0.270 e. The van der Waals surface area contributed by atoms with Crippen molar-refractivity contribution in [2.75, 3.05) is 18.0 Å². The number of carbonyl (C=O) groups is 1. The van der Waals surface area contributed by atoms with Crippen LogP contribution in [0.1, 0.15) is 28.8 Å². The van der Waals surface area contributed by atoms with Gasteiger partial charge in [-0.15, -0.1) is 0 Å². The molecule has 0 spiro atoms. The number of nitrogens with one attached hydrogen (secondary N) is 1. The minimum absolute atomic E-state index is 0.0828. The Hall–Kier alpha value is -2.16. The lowest BCUT2D eigenvalue weighted by molar-refractivity contribution is -0.384. The van der Waals surface area contributed by atoms with Crippen LogP contribution < -0.4 is 10.2 Å². The third-order valence-corrected chi connectivity index (χ3v) is 5.21. The number of nitro groups is 1. The molecule has 1 aliphatic rings. The Balaban J connectivity index is 1.64. The SMILES string of the molecule is O=C(NCc1ccc(N2CCCC2)cc1)c1cc([N+](=O)[O-])ccc1I. The number of anilines is 1. The van der Waals surface area contributed by atoms with Crippen LogP contribution in [0.5, 0.6) is 0 Å². The van der Waals surface area contributed by atoms with Gasteiger partial charge in [0.05, 0.1) is 10.5 Å². The van der Waals surface area contributed by atoms with Gasteiger partial charge in [-0.2, -0.15) is 0 Å². The standard InChI is InChI=1S/C18H18IN3O3/c19-17-8-7-15(22(24)25)11-16(17)18(23)20-12-13-3-5-14(6-4-13)21-9-1-2-10-21/h3-8,11H,1-2,9-10,12H2,(H,20,23). The fourth-order valence-corrected chi connectivity index (χ4v) is 3.46. The van der Waals surface area contributed by atoms with E-state index in [1.165, 1.54) is 30.7 Å². The summed E-state index contributed by atoms with van der Waals surface area (Å²) in [6, 6.07) is 12.5. The van der Waals surface area contributed by atoms with Gasteiger partial charge in [-0.3, -0.25) is 14.9 Å². The molecule has 130 valence electrons. The highest BCUT2D eigenvalue weighted by Crippen LogP contribution is 2.21. The molecule has 1 aliphatic heterocycles. The average Bonchev–Trinajstić information content (AvgIpc) is 3.15. The molecule has 1 saturated heterocycles. The fraction of sp³-hybridized carbons (Fsp3) is 0.278. The number of nitrogens with zero attached hydrogens (tertiary/aromatic N) is 2. The molecule has 2 aromatic rings. The van der Waals surface area contributed by atoms with Crippen LogP contribution >= 0.6 is 22.6 Å². The van der Waals surface area contributed by atoms with Crippen LogP contribution in [0.2, 0.25) is 0 Å². The summed E-state index contributed by atoms with van der Waals surface area (Å²) < 4.78 is 0.685. The second-order valence-electron chi connectivity index (χ2n) is 5.96. The van der Waals surface area contributed by atoms with Crippen molar-refractivity contribution in [1.82, 2.24) is 5.32 Å². The highest BCUT2D eigenvalue weighted by molar-refractivity contribution is 14.1. The molecule has 0 radical (unpaired) electrons. The van der Waals surface area contributed by atoms with Crippen LogP contribution in [0.4, 0.5) is 11.4 Å². The number of non-ortho nitro benzene ring substituents is 1. The number of halogens is 1. The van der Waals surface area contributed by atoms with E-state index in [1.807, 2.05) is 34.7 Å². The third-order valence-electron chi connectivity index (χ3n) is 4.27. The molecule has 3 rings (SSSR count). The van der Waals surface area contributed by atoms with E-state index in [1.54, 1.807) is 6.07 Å². The van der Waals surface area contributed by atoms with Crippen LogP contribution in [-0.2, 0) is 6.54 Å². The molecule has 1 fully saturated rings. The highest BCUT2D eigenvalue weighted by atomic mass is 127. The first-order chi connectivity index (χ1) is 12.0. The van der Waals surface area contributed by atoms with Crippen LogP contribution in [-0.4, -0.2) is 23.9 Å². The zero-order valence-corrected chi connectivity index (χ0v) is 15.7. The Labute approximate surface area is 159 Å². The number of benzene rings is 2. The minimum Gasteiger partial charge on any atom is -0.372 e. The predicted molar refractivity (Wildman–Crippen MR) is 105 cm³/mol. The number of hydrogen-bond donors (Lipinski definition) is 1. The van der Waals surface area contributed by atoms with Gasteiger partial charge in [0.25, 0.3) is 11.6 Å². The second kappa shape index (κ2) is 7.81. The topological polar surface area (TPSA) is 75.5 Å². The summed E-state index contributed by atoms with van der Waals surface area (Å²) in [4.78, 5) is 25.1. The van der Waals surface area contributed by atoms with Crippen molar-refractivity contribution in [3.8, 4) is 0 Å². The molecule has 0 saturated carbocycles. The van der Waals surface area contributed by atoms with Crippen molar-refractivity contribution >= 4 is 39.9 Å². The molecule has 0 bridgehead atoms. The third kappa shape index (κ3) is 4.28. The molecule has 25 heavy (non-hydrogen) atoms. The predicted octanol–water partition coefficient (Wildman–Crippen LogP) is 3.73. The second-order valence-corrected chi connectivity index (χ2v) is 7.13. The number of amides is 1. The van der Waals surface area contributed by atoms with Gasteiger partial charge in [0, 0.05) is 41.0 Å². The first kappa shape index (κ1) is 17.7. The van der Waals surface area contributed by atoms with E-state index < -0.39 is 4.92 Å². The highest BCUT2D eigenvalue weighted by Gasteiger charge is 2.15. The summed E-state index contributed by atoms with van der Waals surface area (Å²) in [5.74, 6) is -0.309. The van der Waals surface area contributed by atoms with Crippen molar-refractivity contribution in [3.63, 3.8) is 0 Å². The summed E-state index contributed by atoms with van der Waals surface area (Å²) in [6.07, 6.45) is 2.47. The van der Waals surface area contributed by atoms with Crippen LogP contribution in [0.3, 0.4) is 0 Å². The molecule has 1 N–H and O–H groups in total. The Bertz CT molecular complexity index is 787. The first-order valence-electron chi connectivity index (χ1n) is 8.10. The number of rotatable bonds is 5. The molecule has 1 amide bonds. The Morgan fingerprint density at radius 2 is 1.84 bits per heavy atom. The van der Waals surface area contributed by atoms with Gasteiger partial charge in [-0.05, 0) is 59.2 Å². The summed E-state index contributed by atoms with van der Waals surface area (Å²) in [5.41, 5.74) is 2.45. The largest absolute Gasteiger partial charge is 0.372 e. The molecule has 0 unspecified atom stereocenters. The van der Waals surface area contributed by atoms with Crippen molar-refractivity contribution in [3.05, 3.63) is 67.3 Å². The van der Waals surface area contributed by atoms with Gasteiger partial charge in [-0.1, -0.05) is 12.1 Å². The molecule has 7 heteroatoms. The normalized spacial score (nSPS) is 13.7. The number of carbonyl (C=O) groups excluding carboxylic acids is 1. The Morgan fingerprint density at radius 1 is 1.16 bits per heavy atom. The fourth-order valence-electron chi connectivity index (χ4n) is 2.88. The maximum atomic E-state index is 12.3. The molecule has 6 nitrogen and oxygen atoms in total. The molecule has 0 aliphatic carbocycles. The number of hydrogen-bond acceptors (Lipinski definition) is 4. The summed E-state index contributed by atoms with van der Waals surface area (Å²) in [6.45, 7) is 2.58. The zero-order valence-electron chi connectivity index (χ0n) is 13.6.